The molecule has 114 valence electrons. The number of aromatic nitrogens is 1. The summed E-state index contributed by atoms with van der Waals surface area (Å²) in [6, 6.07) is 1.30. The smallest absolute Gasteiger partial charge is 0.297 e. The number of likely N-dealkylation sites (N-methyl/N-ethyl adjacent to an activating group) is 1. The maximum atomic E-state index is 5.68. The standard InChI is InChI=1S/C15H28N4O/c1-15(2,3)16-9-12-11-20-14(17-12)19-8-6-7-13(19)10-18(4)5/h11,13,16H,6-10H2,1-5H3. The highest BCUT2D eigenvalue weighted by molar-refractivity contribution is 5.31. The molecule has 0 saturated carbocycles. The van der Waals surface area contributed by atoms with Crippen LogP contribution in [0.5, 0.6) is 0 Å². The number of hydrogen-bond donors (Lipinski definition) is 1. The molecule has 1 N–H and O–H groups in total. The Kier molecular flexibility index (Phi) is 4.70. The number of oxazole rings is 1. The van der Waals surface area contributed by atoms with Gasteiger partial charge in [0.25, 0.3) is 6.01 Å². The van der Waals surface area contributed by atoms with Crippen LogP contribution in [0.2, 0.25) is 0 Å². The van der Waals surface area contributed by atoms with Gasteiger partial charge in [-0.1, -0.05) is 0 Å². The van der Waals surface area contributed by atoms with Crippen molar-refractivity contribution >= 4 is 6.01 Å². The summed E-state index contributed by atoms with van der Waals surface area (Å²) in [5.74, 6) is 0. The zero-order valence-corrected chi connectivity index (χ0v) is 13.4. The molecule has 1 fully saturated rings. The minimum absolute atomic E-state index is 0.0974. The Morgan fingerprint density at radius 1 is 1.45 bits per heavy atom. The molecule has 5 heteroatoms. The second-order valence-corrected chi connectivity index (χ2v) is 6.98. The highest BCUT2D eigenvalue weighted by atomic mass is 16.4. The van der Waals surface area contributed by atoms with E-state index in [9.17, 15) is 0 Å². The van der Waals surface area contributed by atoms with Crippen molar-refractivity contribution in [2.45, 2.75) is 51.7 Å². The normalized spacial score (nSPS) is 20.1. The Balaban J connectivity index is 1.97. The summed E-state index contributed by atoms with van der Waals surface area (Å²) in [7, 11) is 4.23. The fraction of sp³-hybridized carbons (Fsp3) is 0.800. The Bertz CT molecular complexity index is 422. The second kappa shape index (κ2) is 6.14. The number of anilines is 1. The van der Waals surface area contributed by atoms with Gasteiger partial charge in [-0.05, 0) is 47.7 Å². The monoisotopic (exact) mass is 280 g/mol. The van der Waals surface area contributed by atoms with Gasteiger partial charge in [0.1, 0.15) is 6.26 Å². The molecule has 1 aromatic heterocycles. The summed E-state index contributed by atoms with van der Waals surface area (Å²) in [5, 5.41) is 3.44. The third-order valence-electron chi connectivity index (χ3n) is 3.54. The van der Waals surface area contributed by atoms with E-state index in [1.165, 1.54) is 12.8 Å². The summed E-state index contributed by atoms with van der Waals surface area (Å²) >= 11 is 0. The van der Waals surface area contributed by atoms with E-state index in [0.29, 0.717) is 6.04 Å². The SMILES string of the molecule is CN(C)CC1CCCN1c1nc(CNC(C)(C)C)co1. The van der Waals surface area contributed by atoms with Gasteiger partial charge in [0.15, 0.2) is 0 Å². The number of hydrogen-bond acceptors (Lipinski definition) is 5. The molecule has 2 heterocycles. The van der Waals surface area contributed by atoms with E-state index in [4.69, 9.17) is 4.42 Å². The molecule has 1 saturated heterocycles. The maximum absolute atomic E-state index is 5.68. The molecule has 20 heavy (non-hydrogen) atoms. The van der Waals surface area contributed by atoms with E-state index in [0.717, 1.165) is 31.3 Å². The first-order valence-electron chi connectivity index (χ1n) is 7.46. The number of rotatable bonds is 5. The molecule has 2 rings (SSSR count). The molecule has 1 atom stereocenters. The van der Waals surface area contributed by atoms with Crippen LogP contribution < -0.4 is 10.2 Å². The first-order chi connectivity index (χ1) is 9.35. The van der Waals surface area contributed by atoms with E-state index in [1.54, 1.807) is 6.26 Å². The van der Waals surface area contributed by atoms with E-state index in [1.807, 2.05) is 0 Å². The molecule has 0 aliphatic carbocycles. The molecule has 0 spiro atoms. The van der Waals surface area contributed by atoms with Crippen LogP contribution in [0.4, 0.5) is 6.01 Å². The lowest BCUT2D eigenvalue weighted by atomic mass is 10.1. The lowest BCUT2D eigenvalue weighted by Gasteiger charge is -2.25. The molecular formula is C15H28N4O. The third-order valence-corrected chi connectivity index (χ3v) is 3.54. The predicted molar refractivity (Wildman–Crippen MR) is 82.0 cm³/mol. The fourth-order valence-electron chi connectivity index (χ4n) is 2.56. The van der Waals surface area contributed by atoms with Crippen molar-refractivity contribution in [2.75, 3.05) is 32.1 Å². The van der Waals surface area contributed by atoms with Gasteiger partial charge in [0.05, 0.1) is 5.69 Å². The van der Waals surface area contributed by atoms with Gasteiger partial charge in [0, 0.05) is 31.2 Å². The largest absolute Gasteiger partial charge is 0.432 e. The van der Waals surface area contributed by atoms with Crippen LogP contribution in [0.1, 0.15) is 39.3 Å². The van der Waals surface area contributed by atoms with Crippen molar-refractivity contribution in [3.05, 3.63) is 12.0 Å². The molecule has 5 nitrogen and oxygen atoms in total. The van der Waals surface area contributed by atoms with Crippen molar-refractivity contribution in [3.8, 4) is 0 Å². The van der Waals surface area contributed by atoms with Gasteiger partial charge >= 0.3 is 0 Å². The van der Waals surface area contributed by atoms with E-state index >= 15 is 0 Å². The van der Waals surface area contributed by atoms with Crippen LogP contribution in [0, 0.1) is 0 Å². The predicted octanol–water partition coefficient (Wildman–Crippen LogP) is 2.09. The van der Waals surface area contributed by atoms with Crippen LogP contribution >= 0.6 is 0 Å². The zero-order valence-electron chi connectivity index (χ0n) is 13.4. The molecule has 1 aliphatic rings. The van der Waals surface area contributed by atoms with Gasteiger partial charge in [-0.25, -0.2) is 0 Å². The van der Waals surface area contributed by atoms with Crippen molar-refractivity contribution in [1.29, 1.82) is 0 Å². The minimum Gasteiger partial charge on any atom is -0.432 e. The molecule has 1 aromatic rings. The molecule has 1 unspecified atom stereocenters. The van der Waals surface area contributed by atoms with Crippen molar-refractivity contribution in [3.63, 3.8) is 0 Å². The Labute approximate surface area is 122 Å². The molecule has 1 aliphatic heterocycles. The van der Waals surface area contributed by atoms with Gasteiger partial charge in [-0.2, -0.15) is 4.98 Å². The molecule has 0 radical (unpaired) electrons. The Morgan fingerprint density at radius 3 is 2.85 bits per heavy atom. The second-order valence-electron chi connectivity index (χ2n) is 6.98. The highest BCUT2D eigenvalue weighted by Crippen LogP contribution is 2.25. The Morgan fingerprint density at radius 2 is 2.20 bits per heavy atom. The summed E-state index contributed by atoms with van der Waals surface area (Å²) in [4.78, 5) is 9.17. The zero-order chi connectivity index (χ0) is 14.8. The van der Waals surface area contributed by atoms with Gasteiger partial charge in [0.2, 0.25) is 0 Å². The number of nitrogens with one attached hydrogen (secondary N) is 1. The van der Waals surface area contributed by atoms with Crippen LogP contribution in [0.25, 0.3) is 0 Å². The van der Waals surface area contributed by atoms with Crippen molar-refractivity contribution in [2.24, 2.45) is 0 Å². The molecular weight excluding hydrogens is 252 g/mol. The quantitative estimate of drug-likeness (QED) is 0.895. The fourth-order valence-corrected chi connectivity index (χ4v) is 2.56. The van der Waals surface area contributed by atoms with Crippen LogP contribution in [0.15, 0.2) is 10.7 Å². The summed E-state index contributed by atoms with van der Waals surface area (Å²) in [6.07, 6.45) is 4.21. The lowest BCUT2D eigenvalue weighted by molar-refractivity contribution is 0.365. The average molecular weight is 280 g/mol. The highest BCUT2D eigenvalue weighted by Gasteiger charge is 2.28. The molecule has 0 aromatic carbocycles. The van der Waals surface area contributed by atoms with Gasteiger partial charge < -0.3 is 19.5 Å². The van der Waals surface area contributed by atoms with E-state index < -0.39 is 0 Å². The third kappa shape index (κ3) is 4.21. The molecule has 0 bridgehead atoms. The minimum atomic E-state index is 0.0974. The van der Waals surface area contributed by atoms with Crippen molar-refractivity contribution < 1.29 is 4.42 Å². The first-order valence-corrected chi connectivity index (χ1v) is 7.46. The first kappa shape index (κ1) is 15.3. The Hall–Kier alpha value is -1.07. The molecule has 0 amide bonds. The van der Waals surface area contributed by atoms with Crippen LogP contribution in [-0.2, 0) is 6.54 Å². The summed E-state index contributed by atoms with van der Waals surface area (Å²) in [6.45, 7) is 9.31. The topological polar surface area (TPSA) is 44.5 Å². The maximum Gasteiger partial charge on any atom is 0.297 e. The van der Waals surface area contributed by atoms with Crippen LogP contribution in [0.3, 0.4) is 0 Å². The number of nitrogens with zero attached hydrogens (tertiary/aromatic N) is 3. The van der Waals surface area contributed by atoms with Gasteiger partial charge in [-0.15, -0.1) is 0 Å². The summed E-state index contributed by atoms with van der Waals surface area (Å²) in [5.41, 5.74) is 1.07. The van der Waals surface area contributed by atoms with Crippen LogP contribution in [-0.4, -0.2) is 48.6 Å². The average Bonchev–Trinajstić information content (AvgIpc) is 2.92. The van der Waals surface area contributed by atoms with E-state index in [2.05, 4.69) is 55.0 Å². The van der Waals surface area contributed by atoms with Gasteiger partial charge in [-0.3, -0.25) is 0 Å². The lowest BCUT2D eigenvalue weighted by Crippen LogP contribution is -2.38. The summed E-state index contributed by atoms with van der Waals surface area (Å²) < 4.78 is 5.68. The van der Waals surface area contributed by atoms with Crippen molar-refractivity contribution in [1.82, 2.24) is 15.2 Å². The van der Waals surface area contributed by atoms with E-state index in [-0.39, 0.29) is 5.54 Å².